The number of hydrogen-bond donors (Lipinski definition) is 3. The van der Waals surface area contributed by atoms with Crippen molar-refractivity contribution in [3.8, 4) is 5.75 Å². The van der Waals surface area contributed by atoms with E-state index in [9.17, 15) is 28.8 Å². The molecule has 3 N–H and O–H groups in total. The van der Waals surface area contributed by atoms with Gasteiger partial charge in [0, 0.05) is 19.5 Å². The molecule has 1 unspecified atom stereocenters. The average molecular weight is 519 g/mol. The highest BCUT2D eigenvalue weighted by Gasteiger charge is 2.46. The van der Waals surface area contributed by atoms with Crippen molar-refractivity contribution in [2.24, 2.45) is 0 Å². The van der Waals surface area contributed by atoms with E-state index in [1.54, 1.807) is 20.8 Å². The van der Waals surface area contributed by atoms with Crippen LogP contribution in [0.2, 0.25) is 0 Å². The maximum Gasteiger partial charge on any atom is 0.407 e. The second-order valence-electron chi connectivity index (χ2n) is 9.31. The fraction of sp³-hybridized carbons (Fsp3) is 0.500. The Morgan fingerprint density at radius 2 is 1.76 bits per heavy atom. The van der Waals surface area contributed by atoms with Crippen molar-refractivity contribution >= 4 is 35.6 Å². The van der Waals surface area contributed by atoms with Gasteiger partial charge in [-0.3, -0.25) is 34.2 Å². The molecule has 1 aromatic carbocycles. The minimum atomic E-state index is -1.10. The monoisotopic (exact) mass is 518 g/mol. The Balaban J connectivity index is 1.43. The first-order valence-corrected chi connectivity index (χ1v) is 11.8. The summed E-state index contributed by atoms with van der Waals surface area (Å²) in [6.07, 6.45) is -0.500. The van der Waals surface area contributed by atoms with Crippen LogP contribution in [-0.4, -0.2) is 85.1 Å². The normalized spacial score (nSPS) is 17.3. The molecule has 2 aliphatic heterocycles. The van der Waals surface area contributed by atoms with Crippen LogP contribution in [0.4, 0.5) is 4.79 Å². The number of ether oxygens (including phenoxy) is 3. The number of imide groups is 2. The predicted octanol–water partition coefficient (Wildman–Crippen LogP) is 0.124. The fourth-order valence-electron chi connectivity index (χ4n) is 3.70. The van der Waals surface area contributed by atoms with Crippen LogP contribution in [0.25, 0.3) is 0 Å². The zero-order valence-electron chi connectivity index (χ0n) is 20.9. The van der Waals surface area contributed by atoms with E-state index < -0.39 is 53.9 Å². The smallest absolute Gasteiger partial charge is 0.407 e. The minimum absolute atomic E-state index is 0.0112. The van der Waals surface area contributed by atoms with Gasteiger partial charge in [-0.25, -0.2) is 4.79 Å². The van der Waals surface area contributed by atoms with Crippen LogP contribution in [0.1, 0.15) is 54.3 Å². The van der Waals surface area contributed by atoms with Crippen LogP contribution in [0.15, 0.2) is 18.2 Å². The second-order valence-corrected chi connectivity index (χ2v) is 9.31. The number of fused-ring (bicyclic) bond motifs is 1. The Kier molecular flexibility index (Phi) is 8.81. The Labute approximate surface area is 213 Å². The highest BCUT2D eigenvalue weighted by Crippen LogP contribution is 2.33. The molecule has 0 bridgehead atoms. The Hall–Kier alpha value is -4.00. The van der Waals surface area contributed by atoms with E-state index in [1.165, 1.54) is 18.2 Å². The molecule has 0 aromatic heterocycles. The zero-order chi connectivity index (χ0) is 27.2. The lowest BCUT2D eigenvalue weighted by Crippen LogP contribution is -2.54. The predicted molar refractivity (Wildman–Crippen MR) is 127 cm³/mol. The molecule has 1 saturated heterocycles. The SMILES string of the molecule is CC(C)(C)OC(=O)NCCOCCNC(=O)COc1cccc2c1C(=O)N(C1CCC(=O)NC1=O)C2=O. The van der Waals surface area contributed by atoms with E-state index in [1.807, 2.05) is 0 Å². The molecule has 0 aliphatic carbocycles. The molecule has 6 amide bonds. The summed E-state index contributed by atoms with van der Waals surface area (Å²) in [4.78, 5) is 74.0. The highest BCUT2D eigenvalue weighted by atomic mass is 16.6. The van der Waals surface area contributed by atoms with Crippen molar-refractivity contribution < 1.29 is 43.0 Å². The van der Waals surface area contributed by atoms with Crippen LogP contribution in [0.5, 0.6) is 5.75 Å². The summed E-state index contributed by atoms with van der Waals surface area (Å²) in [5.74, 6) is -3.01. The number of hydrogen-bond acceptors (Lipinski definition) is 9. The molecule has 1 atom stereocenters. The molecular formula is C24H30N4O9. The summed E-state index contributed by atoms with van der Waals surface area (Å²) in [5, 5.41) is 7.28. The quantitative estimate of drug-likeness (QED) is 0.288. The van der Waals surface area contributed by atoms with Gasteiger partial charge in [0.1, 0.15) is 17.4 Å². The van der Waals surface area contributed by atoms with Crippen molar-refractivity contribution in [1.82, 2.24) is 20.9 Å². The van der Waals surface area contributed by atoms with E-state index in [-0.39, 0.29) is 56.0 Å². The van der Waals surface area contributed by atoms with Gasteiger partial charge in [0.25, 0.3) is 17.7 Å². The van der Waals surface area contributed by atoms with Crippen molar-refractivity contribution in [3.05, 3.63) is 29.3 Å². The molecule has 0 spiro atoms. The number of nitrogens with one attached hydrogen (secondary N) is 3. The molecule has 200 valence electrons. The minimum Gasteiger partial charge on any atom is -0.483 e. The van der Waals surface area contributed by atoms with Crippen molar-refractivity contribution in [3.63, 3.8) is 0 Å². The summed E-state index contributed by atoms with van der Waals surface area (Å²) in [7, 11) is 0. The van der Waals surface area contributed by atoms with Crippen molar-refractivity contribution in [2.75, 3.05) is 32.9 Å². The molecule has 37 heavy (non-hydrogen) atoms. The number of nitrogens with zero attached hydrogens (tertiary/aromatic N) is 1. The van der Waals surface area contributed by atoms with E-state index in [4.69, 9.17) is 14.2 Å². The summed E-state index contributed by atoms with van der Waals surface area (Å²) in [5.41, 5.74) is -0.570. The van der Waals surface area contributed by atoms with Gasteiger partial charge in [0.05, 0.1) is 24.3 Å². The lowest BCUT2D eigenvalue weighted by molar-refractivity contribution is -0.136. The molecule has 3 rings (SSSR count). The molecule has 2 aliphatic rings. The molecule has 1 aromatic rings. The number of piperidine rings is 1. The van der Waals surface area contributed by atoms with Crippen LogP contribution in [0.3, 0.4) is 0 Å². The van der Waals surface area contributed by atoms with Gasteiger partial charge < -0.3 is 24.8 Å². The average Bonchev–Trinajstić information content (AvgIpc) is 3.06. The largest absolute Gasteiger partial charge is 0.483 e. The van der Waals surface area contributed by atoms with Gasteiger partial charge in [0.15, 0.2) is 6.61 Å². The summed E-state index contributed by atoms with van der Waals surface area (Å²) in [6, 6.07) is 3.29. The highest BCUT2D eigenvalue weighted by molar-refractivity contribution is 6.24. The standard InChI is InChI=1S/C24H30N4O9/c1-24(2,3)37-23(34)26-10-12-35-11-9-25-18(30)13-36-16-6-4-5-14-19(16)22(33)28(21(14)32)15-7-8-17(29)27-20(15)31/h4-6,15H,7-13H2,1-3H3,(H,25,30)(H,26,34)(H,27,29,31). The first kappa shape index (κ1) is 27.6. The first-order chi connectivity index (χ1) is 17.5. The topological polar surface area (TPSA) is 169 Å². The number of benzene rings is 1. The summed E-state index contributed by atoms with van der Waals surface area (Å²) in [6.45, 7) is 5.70. The number of alkyl carbamates (subject to hydrolysis) is 1. The fourth-order valence-corrected chi connectivity index (χ4v) is 3.70. The molecule has 0 saturated carbocycles. The lowest BCUT2D eigenvalue weighted by Gasteiger charge is -2.27. The van der Waals surface area contributed by atoms with Crippen LogP contribution in [0, 0.1) is 0 Å². The van der Waals surface area contributed by atoms with E-state index >= 15 is 0 Å². The van der Waals surface area contributed by atoms with Crippen LogP contribution >= 0.6 is 0 Å². The van der Waals surface area contributed by atoms with Crippen molar-refractivity contribution in [1.29, 1.82) is 0 Å². The van der Waals surface area contributed by atoms with Crippen LogP contribution < -0.4 is 20.7 Å². The molecular weight excluding hydrogens is 488 g/mol. The Morgan fingerprint density at radius 1 is 1.05 bits per heavy atom. The molecule has 13 heteroatoms. The zero-order valence-corrected chi connectivity index (χ0v) is 20.9. The molecule has 13 nitrogen and oxygen atoms in total. The van der Waals surface area contributed by atoms with Crippen molar-refractivity contribution in [2.45, 2.75) is 45.3 Å². The van der Waals surface area contributed by atoms with Gasteiger partial charge in [-0.2, -0.15) is 0 Å². The first-order valence-electron chi connectivity index (χ1n) is 11.8. The Bertz CT molecular complexity index is 1100. The number of carbonyl (C=O) groups excluding carboxylic acids is 6. The van der Waals surface area contributed by atoms with Gasteiger partial charge in [-0.1, -0.05) is 6.07 Å². The third-order valence-electron chi connectivity index (χ3n) is 5.27. The van der Waals surface area contributed by atoms with E-state index in [0.717, 1.165) is 4.90 Å². The third kappa shape index (κ3) is 7.26. The van der Waals surface area contributed by atoms with E-state index in [0.29, 0.717) is 0 Å². The third-order valence-corrected chi connectivity index (χ3v) is 5.27. The maximum absolute atomic E-state index is 13.0. The van der Waals surface area contributed by atoms with Gasteiger partial charge >= 0.3 is 6.09 Å². The van der Waals surface area contributed by atoms with Gasteiger partial charge in [-0.05, 0) is 39.3 Å². The molecule has 2 heterocycles. The lowest BCUT2D eigenvalue weighted by atomic mass is 10.0. The summed E-state index contributed by atoms with van der Waals surface area (Å²) >= 11 is 0. The maximum atomic E-state index is 13.0. The van der Waals surface area contributed by atoms with Crippen LogP contribution in [-0.2, 0) is 23.9 Å². The Morgan fingerprint density at radius 3 is 2.43 bits per heavy atom. The molecule has 1 fully saturated rings. The summed E-state index contributed by atoms with van der Waals surface area (Å²) < 4.78 is 15.9. The van der Waals surface area contributed by atoms with E-state index in [2.05, 4.69) is 16.0 Å². The van der Waals surface area contributed by atoms with Gasteiger partial charge in [0.2, 0.25) is 11.8 Å². The second kappa shape index (κ2) is 11.8. The number of amides is 6. The number of carbonyl (C=O) groups is 6. The molecule has 0 radical (unpaired) electrons. The number of rotatable bonds is 10. The van der Waals surface area contributed by atoms with Gasteiger partial charge in [-0.15, -0.1) is 0 Å².